The predicted molar refractivity (Wildman–Crippen MR) is 288 cm³/mol. The molecule has 1 saturated carbocycles. The Balaban J connectivity index is 0.00000150. The Morgan fingerprint density at radius 2 is 1.42 bits per heavy atom. The van der Waals surface area contributed by atoms with Crippen molar-refractivity contribution in [1.29, 1.82) is 0 Å². The lowest BCUT2D eigenvalue weighted by Crippen LogP contribution is -2.40. The zero-order valence-corrected chi connectivity index (χ0v) is 42.3. The second-order valence-electron chi connectivity index (χ2n) is 19.2. The number of hydrogen-bond acceptors (Lipinski definition) is 2. The molecule has 0 aromatic heterocycles. The fraction of sp³-hybridized carbons (Fsp3) is 0.397. The van der Waals surface area contributed by atoms with Gasteiger partial charge < -0.3 is 9.80 Å². The molecule has 0 spiro atoms. The second-order valence-corrected chi connectivity index (χ2v) is 19.2. The molecule has 0 saturated heterocycles. The molecule has 3 aromatic rings. The van der Waals surface area contributed by atoms with Crippen LogP contribution in [-0.2, 0) is 6.42 Å². The normalized spacial score (nSPS) is 19.8. The van der Waals surface area contributed by atoms with Crippen molar-refractivity contribution >= 4 is 16.8 Å². The Morgan fingerprint density at radius 3 is 2.03 bits per heavy atom. The molecule has 4 aliphatic rings. The number of allylic oxidation sites excluding steroid dienone is 18. The second kappa shape index (κ2) is 24.8. The Kier molecular flexibility index (Phi) is 19.3. The van der Waals surface area contributed by atoms with Crippen molar-refractivity contribution in [3.8, 4) is 0 Å². The van der Waals surface area contributed by atoms with Gasteiger partial charge >= 0.3 is 0 Å². The molecule has 4 aliphatic carbocycles. The lowest BCUT2D eigenvalue weighted by molar-refractivity contribution is 0.263. The van der Waals surface area contributed by atoms with E-state index in [0.717, 1.165) is 51.6 Å². The SMILES string of the molecule is C/C=C(\C=C/Cc1ccccc1)N(CCC)CC1CC=CC2=C1C(C)(C)/C(=C/C=C(\C)N(/C(C)=C/C=C(\C)c1ccccc1)c1ccc(C3=CCCC=C3)cc1)CC2(C)C.C1CC1.CC. The van der Waals surface area contributed by atoms with Gasteiger partial charge in [0.1, 0.15) is 0 Å². The molecular weight excluding hydrogens is 785 g/mol. The molecule has 7 rings (SSSR count). The van der Waals surface area contributed by atoms with E-state index >= 15 is 0 Å². The minimum absolute atomic E-state index is 0.0372. The smallest absolute Gasteiger partial charge is 0.0455 e. The molecule has 0 aliphatic heterocycles. The Bertz CT molecular complexity index is 2290. The van der Waals surface area contributed by atoms with Crippen molar-refractivity contribution in [2.45, 2.75) is 134 Å². The first-order valence-electron chi connectivity index (χ1n) is 25.0. The van der Waals surface area contributed by atoms with Crippen LogP contribution in [-0.4, -0.2) is 18.0 Å². The number of hydrogen-bond donors (Lipinski definition) is 0. The van der Waals surface area contributed by atoms with E-state index in [1.165, 1.54) is 75.5 Å². The zero-order valence-electron chi connectivity index (χ0n) is 42.3. The van der Waals surface area contributed by atoms with Gasteiger partial charge in [-0.05, 0) is 135 Å². The Hall–Kier alpha value is -5.34. The highest BCUT2D eigenvalue weighted by Crippen LogP contribution is 2.56. The van der Waals surface area contributed by atoms with Crippen LogP contribution in [0.4, 0.5) is 5.69 Å². The van der Waals surface area contributed by atoms with Crippen LogP contribution < -0.4 is 4.90 Å². The first-order chi connectivity index (χ1) is 31.4. The molecule has 1 unspecified atom stereocenters. The molecule has 1 fully saturated rings. The van der Waals surface area contributed by atoms with Crippen molar-refractivity contribution in [3.05, 3.63) is 208 Å². The van der Waals surface area contributed by atoms with E-state index in [4.69, 9.17) is 0 Å². The Labute approximate surface area is 397 Å². The van der Waals surface area contributed by atoms with Crippen molar-refractivity contribution in [2.24, 2.45) is 16.7 Å². The van der Waals surface area contributed by atoms with E-state index in [0.29, 0.717) is 5.92 Å². The van der Waals surface area contributed by atoms with Gasteiger partial charge in [-0.15, -0.1) is 0 Å². The lowest BCUT2D eigenvalue weighted by Gasteiger charge is -2.49. The van der Waals surface area contributed by atoms with Crippen LogP contribution in [0.2, 0.25) is 0 Å². The predicted octanol–water partition coefficient (Wildman–Crippen LogP) is 18.0. The zero-order chi connectivity index (χ0) is 46.8. The minimum Gasteiger partial charge on any atom is -0.371 e. The third kappa shape index (κ3) is 14.1. The fourth-order valence-corrected chi connectivity index (χ4v) is 9.52. The molecule has 65 heavy (non-hydrogen) atoms. The molecule has 0 radical (unpaired) electrons. The van der Waals surface area contributed by atoms with E-state index in [1.807, 2.05) is 13.8 Å². The quantitative estimate of drug-likeness (QED) is 0.140. The van der Waals surface area contributed by atoms with Crippen LogP contribution >= 0.6 is 0 Å². The van der Waals surface area contributed by atoms with Gasteiger partial charge in [-0.3, -0.25) is 0 Å². The topological polar surface area (TPSA) is 6.48 Å². The summed E-state index contributed by atoms with van der Waals surface area (Å²) < 4.78 is 0. The standard InChI is InChI=1S/C58H70N2.C3H6.C2H6/c1-10-41-59(53(11-2)31-21-25-47-23-15-12-16-24-47)43-51-30-22-32-55-56(51)58(8,9)52(42-57(55,6)7)38-35-46(5)60(45(4)34-33-44(3)48-26-17-13-18-27-48)54-39-36-50(37-40-54)49-28-19-14-20-29-49;1-2-3-1;1-2/h11-13,15-19,21-24,26-29,31-40,51H,10,14,20,25,30,41-43H2,1-9H3;1-3H2;1-2H3/b31-21-,44-33+,45-34+,46-35+,52-38+,53-11+;;. The average Bonchev–Trinajstić information content (AvgIpc) is 4.23. The summed E-state index contributed by atoms with van der Waals surface area (Å²) in [5.41, 5.74) is 15.9. The summed E-state index contributed by atoms with van der Waals surface area (Å²) in [6.07, 6.45) is 39.1. The number of benzene rings is 3. The van der Waals surface area contributed by atoms with Crippen molar-refractivity contribution in [1.82, 2.24) is 4.90 Å². The number of anilines is 1. The van der Waals surface area contributed by atoms with E-state index in [2.05, 4.69) is 230 Å². The van der Waals surface area contributed by atoms with Gasteiger partial charge in [0.2, 0.25) is 0 Å². The molecule has 0 heterocycles. The first-order valence-corrected chi connectivity index (χ1v) is 25.0. The molecule has 344 valence electrons. The molecule has 3 aromatic carbocycles. The molecule has 2 heteroatoms. The third-order valence-corrected chi connectivity index (χ3v) is 13.2. The highest BCUT2D eigenvalue weighted by atomic mass is 15.1. The van der Waals surface area contributed by atoms with Crippen LogP contribution in [0, 0.1) is 16.7 Å². The fourth-order valence-electron chi connectivity index (χ4n) is 9.52. The maximum atomic E-state index is 2.65. The van der Waals surface area contributed by atoms with E-state index in [9.17, 15) is 0 Å². The van der Waals surface area contributed by atoms with Crippen LogP contribution in [0.25, 0.3) is 11.1 Å². The van der Waals surface area contributed by atoms with Crippen LogP contribution in [0.5, 0.6) is 0 Å². The molecule has 0 amide bonds. The van der Waals surface area contributed by atoms with Gasteiger partial charge in [-0.25, -0.2) is 0 Å². The highest BCUT2D eigenvalue weighted by molar-refractivity contribution is 5.76. The summed E-state index contributed by atoms with van der Waals surface area (Å²) in [5, 5.41) is 0. The van der Waals surface area contributed by atoms with Gasteiger partial charge in [-0.2, -0.15) is 0 Å². The summed E-state index contributed by atoms with van der Waals surface area (Å²) in [7, 11) is 0. The van der Waals surface area contributed by atoms with Gasteiger partial charge in [0.05, 0.1) is 0 Å². The first kappa shape index (κ1) is 50.7. The lowest BCUT2D eigenvalue weighted by atomic mass is 9.56. The van der Waals surface area contributed by atoms with E-state index in [-0.39, 0.29) is 10.8 Å². The molecule has 2 nitrogen and oxygen atoms in total. The summed E-state index contributed by atoms with van der Waals surface area (Å²) in [6.45, 7) is 27.2. The summed E-state index contributed by atoms with van der Waals surface area (Å²) >= 11 is 0. The maximum absolute atomic E-state index is 2.65. The third-order valence-electron chi connectivity index (χ3n) is 13.2. The van der Waals surface area contributed by atoms with Gasteiger partial charge in [0.25, 0.3) is 0 Å². The van der Waals surface area contributed by atoms with Crippen molar-refractivity contribution < 1.29 is 0 Å². The summed E-state index contributed by atoms with van der Waals surface area (Å²) in [6, 6.07) is 30.6. The van der Waals surface area contributed by atoms with E-state index in [1.54, 1.807) is 11.1 Å². The highest BCUT2D eigenvalue weighted by Gasteiger charge is 2.45. The van der Waals surface area contributed by atoms with Gasteiger partial charge in [0, 0.05) is 47.2 Å². The van der Waals surface area contributed by atoms with Gasteiger partial charge in [-0.1, -0.05) is 206 Å². The molecule has 0 N–H and O–H groups in total. The van der Waals surface area contributed by atoms with Crippen LogP contribution in [0.1, 0.15) is 144 Å². The molecular formula is C63H82N2. The largest absolute Gasteiger partial charge is 0.371 e. The summed E-state index contributed by atoms with van der Waals surface area (Å²) in [5.74, 6) is 0.436. The monoisotopic (exact) mass is 867 g/mol. The van der Waals surface area contributed by atoms with Crippen LogP contribution in [0.15, 0.2) is 192 Å². The maximum Gasteiger partial charge on any atom is 0.0455 e. The number of nitrogens with zero attached hydrogens (tertiary/aromatic N) is 2. The van der Waals surface area contributed by atoms with Crippen molar-refractivity contribution in [3.63, 3.8) is 0 Å². The molecule has 0 bridgehead atoms. The van der Waals surface area contributed by atoms with Crippen molar-refractivity contribution in [2.75, 3.05) is 18.0 Å². The average molecular weight is 867 g/mol. The van der Waals surface area contributed by atoms with Crippen LogP contribution in [0.3, 0.4) is 0 Å². The molecule has 1 atom stereocenters. The Morgan fingerprint density at radius 1 is 0.754 bits per heavy atom. The number of rotatable bonds is 15. The van der Waals surface area contributed by atoms with Gasteiger partial charge in [0.15, 0.2) is 0 Å². The summed E-state index contributed by atoms with van der Waals surface area (Å²) in [4.78, 5) is 5.07. The minimum atomic E-state index is -0.0810. The van der Waals surface area contributed by atoms with E-state index < -0.39 is 0 Å².